The lowest BCUT2D eigenvalue weighted by atomic mass is 9.95. The molecule has 0 saturated heterocycles. The molecular formula is C57H37N3. The van der Waals surface area contributed by atoms with Crippen LogP contribution in [0.2, 0.25) is 0 Å². The Balaban J connectivity index is 1.03. The summed E-state index contributed by atoms with van der Waals surface area (Å²) in [5.41, 5.74) is 12.1. The summed E-state index contributed by atoms with van der Waals surface area (Å²) in [6.45, 7) is 0. The van der Waals surface area contributed by atoms with Crippen LogP contribution < -0.4 is 0 Å². The number of fused-ring (bicyclic) bond motifs is 3. The van der Waals surface area contributed by atoms with Gasteiger partial charge >= 0.3 is 0 Å². The van der Waals surface area contributed by atoms with Gasteiger partial charge in [0.2, 0.25) is 0 Å². The van der Waals surface area contributed by atoms with E-state index >= 15 is 0 Å². The van der Waals surface area contributed by atoms with Crippen molar-refractivity contribution >= 4 is 32.3 Å². The molecule has 3 nitrogen and oxygen atoms in total. The molecule has 1 aromatic heterocycles. The summed E-state index contributed by atoms with van der Waals surface area (Å²) >= 11 is 0. The van der Waals surface area contributed by atoms with Crippen LogP contribution in [-0.4, -0.2) is 15.0 Å². The van der Waals surface area contributed by atoms with Gasteiger partial charge in [-0.2, -0.15) is 0 Å². The number of aromatic nitrogens is 3. The summed E-state index contributed by atoms with van der Waals surface area (Å²) in [6.07, 6.45) is 0. The van der Waals surface area contributed by atoms with Crippen molar-refractivity contribution in [3.63, 3.8) is 0 Å². The topological polar surface area (TPSA) is 38.7 Å². The lowest BCUT2D eigenvalue weighted by Gasteiger charge is -2.12. The van der Waals surface area contributed by atoms with E-state index in [0.29, 0.717) is 17.5 Å². The van der Waals surface area contributed by atoms with Gasteiger partial charge in [0.05, 0.1) is 0 Å². The van der Waals surface area contributed by atoms with E-state index < -0.39 is 0 Å². The number of hydrogen-bond donors (Lipinski definition) is 0. The minimum atomic E-state index is 0.622. The third-order valence-corrected chi connectivity index (χ3v) is 11.5. The highest BCUT2D eigenvalue weighted by Crippen LogP contribution is 2.36. The molecule has 0 saturated carbocycles. The molecule has 0 spiro atoms. The average Bonchev–Trinajstić information content (AvgIpc) is 3.33. The summed E-state index contributed by atoms with van der Waals surface area (Å²) < 4.78 is 0. The van der Waals surface area contributed by atoms with Gasteiger partial charge in [0.25, 0.3) is 0 Å². The fourth-order valence-electron chi connectivity index (χ4n) is 8.44. The molecule has 0 aliphatic heterocycles. The first-order chi connectivity index (χ1) is 29.7. The van der Waals surface area contributed by atoms with E-state index in [-0.39, 0.29) is 0 Å². The second-order valence-electron chi connectivity index (χ2n) is 15.2. The van der Waals surface area contributed by atoms with Crippen LogP contribution in [0.15, 0.2) is 224 Å². The zero-order valence-electron chi connectivity index (χ0n) is 32.7. The SMILES string of the molecule is c1ccc(-c2ccc3cc(-c4nc(-c5cccc(-c6cccc(-c7cccc8ccccc78)c6)c5)nc(-c5cccc(-c6cccc7ccccc67)c5)n4)ccc3c2)cc1. The maximum atomic E-state index is 5.22. The summed E-state index contributed by atoms with van der Waals surface area (Å²) in [5, 5.41) is 7.18. The van der Waals surface area contributed by atoms with Crippen molar-refractivity contribution in [3.8, 4) is 78.7 Å². The molecule has 11 rings (SSSR count). The van der Waals surface area contributed by atoms with Crippen LogP contribution in [0.4, 0.5) is 0 Å². The predicted molar refractivity (Wildman–Crippen MR) is 250 cm³/mol. The van der Waals surface area contributed by atoms with Crippen LogP contribution in [0, 0.1) is 0 Å². The first-order valence-electron chi connectivity index (χ1n) is 20.3. The van der Waals surface area contributed by atoms with Gasteiger partial charge in [-0.15, -0.1) is 0 Å². The molecule has 0 N–H and O–H groups in total. The van der Waals surface area contributed by atoms with Crippen LogP contribution in [-0.2, 0) is 0 Å². The van der Waals surface area contributed by atoms with Crippen molar-refractivity contribution in [2.75, 3.05) is 0 Å². The summed E-state index contributed by atoms with van der Waals surface area (Å²) in [4.78, 5) is 15.6. The van der Waals surface area contributed by atoms with E-state index in [4.69, 9.17) is 15.0 Å². The van der Waals surface area contributed by atoms with E-state index in [1.165, 1.54) is 49.4 Å². The molecule has 0 unspecified atom stereocenters. The minimum absolute atomic E-state index is 0.622. The number of hydrogen-bond acceptors (Lipinski definition) is 3. The van der Waals surface area contributed by atoms with E-state index in [1.807, 2.05) is 0 Å². The van der Waals surface area contributed by atoms with Gasteiger partial charge in [-0.05, 0) is 107 Å². The fourth-order valence-corrected chi connectivity index (χ4v) is 8.44. The van der Waals surface area contributed by atoms with Gasteiger partial charge in [0, 0.05) is 16.7 Å². The average molecular weight is 764 g/mol. The van der Waals surface area contributed by atoms with Crippen LogP contribution in [0.1, 0.15) is 0 Å². The Morgan fingerprint density at radius 1 is 0.200 bits per heavy atom. The zero-order valence-corrected chi connectivity index (χ0v) is 32.7. The maximum absolute atomic E-state index is 5.22. The normalized spacial score (nSPS) is 11.3. The molecule has 0 radical (unpaired) electrons. The molecule has 3 heteroatoms. The van der Waals surface area contributed by atoms with E-state index in [9.17, 15) is 0 Å². The molecule has 0 aliphatic carbocycles. The van der Waals surface area contributed by atoms with Gasteiger partial charge in [-0.25, -0.2) is 15.0 Å². The number of benzene rings is 10. The summed E-state index contributed by atoms with van der Waals surface area (Å²) in [5.74, 6) is 1.88. The van der Waals surface area contributed by atoms with Crippen LogP contribution in [0.5, 0.6) is 0 Å². The third kappa shape index (κ3) is 6.68. The van der Waals surface area contributed by atoms with Gasteiger partial charge in [-0.3, -0.25) is 0 Å². The predicted octanol–water partition coefficient (Wildman–Crippen LogP) is 15.0. The third-order valence-electron chi connectivity index (χ3n) is 11.5. The van der Waals surface area contributed by atoms with Crippen LogP contribution in [0.25, 0.3) is 111 Å². The Bertz CT molecular complexity index is 3380. The van der Waals surface area contributed by atoms with Gasteiger partial charge in [0.15, 0.2) is 17.5 Å². The molecule has 280 valence electrons. The molecule has 11 aromatic rings. The Hall–Kier alpha value is -8.01. The second kappa shape index (κ2) is 15.1. The lowest BCUT2D eigenvalue weighted by Crippen LogP contribution is -2.00. The highest BCUT2D eigenvalue weighted by atomic mass is 15.0. The van der Waals surface area contributed by atoms with Gasteiger partial charge < -0.3 is 0 Å². The first kappa shape index (κ1) is 35.2. The zero-order chi connectivity index (χ0) is 39.8. The Kier molecular flexibility index (Phi) is 8.83. The molecule has 0 amide bonds. The Morgan fingerprint density at radius 2 is 0.550 bits per heavy atom. The molecule has 1 heterocycles. The van der Waals surface area contributed by atoms with Crippen molar-refractivity contribution in [2.24, 2.45) is 0 Å². The monoisotopic (exact) mass is 763 g/mol. The van der Waals surface area contributed by atoms with E-state index in [2.05, 4.69) is 224 Å². The van der Waals surface area contributed by atoms with Gasteiger partial charge in [-0.1, -0.05) is 194 Å². The lowest BCUT2D eigenvalue weighted by molar-refractivity contribution is 1.07. The van der Waals surface area contributed by atoms with Crippen molar-refractivity contribution in [1.82, 2.24) is 15.0 Å². The fraction of sp³-hybridized carbons (Fsp3) is 0. The Morgan fingerprint density at radius 3 is 1.12 bits per heavy atom. The van der Waals surface area contributed by atoms with Crippen molar-refractivity contribution < 1.29 is 0 Å². The Labute approximate surface area is 349 Å². The first-order valence-corrected chi connectivity index (χ1v) is 20.3. The van der Waals surface area contributed by atoms with E-state index in [0.717, 1.165) is 44.2 Å². The maximum Gasteiger partial charge on any atom is 0.164 e. The standard InChI is InChI=1S/C57H37N3/c1-2-13-38(14-3-1)43-29-30-45-36-50(32-31-44(45)33-43)57-59-55(58-56(60-57)49-24-10-22-47(37-49)54-28-12-18-40-16-5-7-26-52(40)54)48-23-9-20-42(35-48)41-19-8-21-46(34-41)53-27-11-17-39-15-4-6-25-51(39)53/h1-37H. The molecule has 0 atom stereocenters. The number of nitrogens with zero attached hydrogens (tertiary/aromatic N) is 3. The highest BCUT2D eigenvalue weighted by Gasteiger charge is 2.16. The molecule has 0 bridgehead atoms. The molecular weight excluding hydrogens is 727 g/mol. The molecule has 10 aromatic carbocycles. The van der Waals surface area contributed by atoms with Gasteiger partial charge in [0.1, 0.15) is 0 Å². The summed E-state index contributed by atoms with van der Waals surface area (Å²) in [6, 6.07) is 79.6. The molecule has 0 fully saturated rings. The largest absolute Gasteiger partial charge is 0.208 e. The second-order valence-corrected chi connectivity index (χ2v) is 15.2. The van der Waals surface area contributed by atoms with E-state index in [1.54, 1.807) is 0 Å². The summed E-state index contributed by atoms with van der Waals surface area (Å²) in [7, 11) is 0. The minimum Gasteiger partial charge on any atom is -0.208 e. The van der Waals surface area contributed by atoms with Crippen molar-refractivity contribution in [2.45, 2.75) is 0 Å². The smallest absolute Gasteiger partial charge is 0.164 e. The number of rotatable bonds is 7. The van der Waals surface area contributed by atoms with Crippen molar-refractivity contribution in [1.29, 1.82) is 0 Å². The quantitative estimate of drug-likeness (QED) is 0.162. The molecule has 60 heavy (non-hydrogen) atoms. The van der Waals surface area contributed by atoms with Crippen molar-refractivity contribution in [3.05, 3.63) is 224 Å². The molecule has 0 aliphatic rings. The van der Waals surface area contributed by atoms with Crippen LogP contribution in [0.3, 0.4) is 0 Å². The highest BCUT2D eigenvalue weighted by molar-refractivity contribution is 5.98. The van der Waals surface area contributed by atoms with Crippen LogP contribution >= 0.6 is 0 Å².